The lowest BCUT2D eigenvalue weighted by atomic mass is 9.83. The summed E-state index contributed by atoms with van der Waals surface area (Å²) in [4.78, 5) is 32.8. The molecular formula is C28H30N4O3. The molecule has 2 saturated heterocycles. The van der Waals surface area contributed by atoms with Crippen LogP contribution in [0.25, 0.3) is 0 Å². The van der Waals surface area contributed by atoms with E-state index in [0.29, 0.717) is 6.42 Å². The second-order valence-corrected chi connectivity index (χ2v) is 9.04. The van der Waals surface area contributed by atoms with Crippen molar-refractivity contribution >= 4 is 17.6 Å². The number of benzene rings is 3. The first-order valence-electron chi connectivity index (χ1n) is 11.9. The van der Waals surface area contributed by atoms with Gasteiger partial charge in [0.25, 0.3) is 5.91 Å². The van der Waals surface area contributed by atoms with Gasteiger partial charge in [0, 0.05) is 38.3 Å². The van der Waals surface area contributed by atoms with Gasteiger partial charge in [0.1, 0.15) is 5.75 Å². The molecule has 0 radical (unpaired) electrons. The number of nitrogens with zero attached hydrogens (tertiary/aromatic N) is 3. The van der Waals surface area contributed by atoms with Crippen molar-refractivity contribution in [3.63, 3.8) is 0 Å². The number of carbonyl (C=O) groups is 2. The Hall–Kier alpha value is -3.84. The molecule has 5 rings (SSSR count). The highest BCUT2D eigenvalue weighted by molar-refractivity contribution is 6.07. The molecule has 7 heteroatoms. The number of carbonyl (C=O) groups excluding carboxylic acids is 2. The van der Waals surface area contributed by atoms with E-state index in [1.165, 1.54) is 4.90 Å². The molecule has 7 nitrogen and oxygen atoms in total. The fraction of sp³-hybridized carbons (Fsp3) is 0.286. The molecule has 1 unspecified atom stereocenters. The third-order valence-corrected chi connectivity index (χ3v) is 6.91. The molecule has 2 heterocycles. The Morgan fingerprint density at radius 3 is 2.09 bits per heavy atom. The Kier molecular flexibility index (Phi) is 6.42. The molecule has 3 aromatic carbocycles. The van der Waals surface area contributed by atoms with Crippen molar-refractivity contribution < 1.29 is 14.3 Å². The van der Waals surface area contributed by atoms with Gasteiger partial charge in [-0.3, -0.25) is 9.69 Å². The number of amides is 3. The van der Waals surface area contributed by atoms with Gasteiger partial charge >= 0.3 is 6.03 Å². The zero-order valence-corrected chi connectivity index (χ0v) is 19.9. The Morgan fingerprint density at radius 2 is 1.46 bits per heavy atom. The van der Waals surface area contributed by atoms with Crippen molar-refractivity contribution in [3.05, 3.63) is 96.1 Å². The number of urea groups is 1. The van der Waals surface area contributed by atoms with Crippen LogP contribution in [-0.2, 0) is 16.8 Å². The minimum atomic E-state index is -1.11. The minimum Gasteiger partial charge on any atom is -0.497 e. The normalized spacial score (nSPS) is 20.7. The number of ether oxygens (including phenoxy) is 1. The van der Waals surface area contributed by atoms with Crippen molar-refractivity contribution in [2.75, 3.05) is 44.9 Å². The lowest BCUT2D eigenvalue weighted by molar-refractivity contribution is -0.133. The molecule has 2 fully saturated rings. The van der Waals surface area contributed by atoms with Gasteiger partial charge < -0.3 is 15.0 Å². The first kappa shape index (κ1) is 22.9. The van der Waals surface area contributed by atoms with E-state index in [1.807, 2.05) is 72.8 Å². The quantitative estimate of drug-likeness (QED) is 0.536. The van der Waals surface area contributed by atoms with Crippen LogP contribution in [0.15, 0.2) is 84.9 Å². The van der Waals surface area contributed by atoms with E-state index in [1.54, 1.807) is 7.11 Å². The molecule has 180 valence electrons. The monoisotopic (exact) mass is 470 g/mol. The average molecular weight is 471 g/mol. The molecule has 0 aromatic heterocycles. The summed E-state index contributed by atoms with van der Waals surface area (Å²) >= 11 is 0. The van der Waals surface area contributed by atoms with Crippen molar-refractivity contribution in [2.24, 2.45) is 0 Å². The summed E-state index contributed by atoms with van der Waals surface area (Å²) in [6, 6.07) is 27.1. The van der Waals surface area contributed by atoms with Crippen molar-refractivity contribution in [2.45, 2.75) is 12.0 Å². The number of hydrogen-bond acceptors (Lipinski definition) is 5. The average Bonchev–Trinajstić information content (AvgIpc) is 3.15. The van der Waals surface area contributed by atoms with Crippen molar-refractivity contribution in [1.82, 2.24) is 15.1 Å². The minimum absolute atomic E-state index is 0.199. The highest BCUT2D eigenvalue weighted by Crippen LogP contribution is 2.33. The van der Waals surface area contributed by atoms with Gasteiger partial charge in [0.2, 0.25) is 0 Å². The topological polar surface area (TPSA) is 65.1 Å². The van der Waals surface area contributed by atoms with Crippen LogP contribution in [0.1, 0.15) is 11.1 Å². The fourth-order valence-corrected chi connectivity index (χ4v) is 4.94. The standard InChI is InChI=1S/C28H30N4O3/c1-35-25-14-12-24(13-15-25)31-18-16-30(17-19-31)21-32-26(33)28(29-27(32)34,23-10-6-3-7-11-23)20-22-8-4-2-5-9-22/h2-15H,16-21H2,1H3,(H,29,34). The fourth-order valence-electron chi connectivity index (χ4n) is 4.94. The van der Waals surface area contributed by atoms with E-state index in [0.717, 1.165) is 48.7 Å². The number of imide groups is 1. The largest absolute Gasteiger partial charge is 0.497 e. The smallest absolute Gasteiger partial charge is 0.326 e. The molecule has 2 aliphatic heterocycles. The molecule has 0 saturated carbocycles. The third-order valence-electron chi connectivity index (χ3n) is 6.91. The molecule has 3 amide bonds. The molecule has 0 spiro atoms. The highest BCUT2D eigenvalue weighted by Gasteiger charge is 2.52. The summed E-state index contributed by atoms with van der Waals surface area (Å²) < 4.78 is 5.25. The number of rotatable bonds is 7. The molecule has 0 aliphatic carbocycles. The Balaban J connectivity index is 1.30. The Labute approximate surface area is 205 Å². The molecule has 3 aromatic rings. The molecule has 35 heavy (non-hydrogen) atoms. The molecule has 1 atom stereocenters. The van der Waals surface area contributed by atoms with Crippen LogP contribution in [0.4, 0.5) is 10.5 Å². The number of piperazine rings is 1. The second-order valence-electron chi connectivity index (χ2n) is 9.04. The Bertz CT molecular complexity index is 1160. The van der Waals surface area contributed by atoms with E-state index in [9.17, 15) is 9.59 Å². The van der Waals surface area contributed by atoms with Gasteiger partial charge in [-0.2, -0.15) is 0 Å². The predicted molar refractivity (Wildman–Crippen MR) is 135 cm³/mol. The van der Waals surface area contributed by atoms with Gasteiger partial charge in [0.15, 0.2) is 5.54 Å². The predicted octanol–water partition coefficient (Wildman–Crippen LogP) is 3.46. The van der Waals surface area contributed by atoms with Crippen LogP contribution in [0.2, 0.25) is 0 Å². The number of hydrogen-bond donors (Lipinski definition) is 1. The second kappa shape index (κ2) is 9.80. The SMILES string of the molecule is COc1ccc(N2CCN(CN3C(=O)NC(Cc4ccccc4)(c4ccccc4)C3=O)CC2)cc1. The third kappa shape index (κ3) is 4.59. The van der Waals surface area contributed by atoms with Gasteiger partial charge in [-0.05, 0) is 35.4 Å². The van der Waals surface area contributed by atoms with E-state index in [2.05, 4.69) is 27.2 Å². The van der Waals surface area contributed by atoms with Gasteiger partial charge in [-0.15, -0.1) is 0 Å². The van der Waals surface area contributed by atoms with Crippen LogP contribution in [0.3, 0.4) is 0 Å². The highest BCUT2D eigenvalue weighted by atomic mass is 16.5. The van der Waals surface area contributed by atoms with Crippen LogP contribution >= 0.6 is 0 Å². The zero-order valence-electron chi connectivity index (χ0n) is 19.9. The maximum Gasteiger partial charge on any atom is 0.326 e. The van der Waals surface area contributed by atoms with E-state index < -0.39 is 5.54 Å². The molecular weight excluding hydrogens is 440 g/mol. The van der Waals surface area contributed by atoms with Crippen molar-refractivity contribution in [1.29, 1.82) is 0 Å². The van der Waals surface area contributed by atoms with Gasteiger partial charge in [-0.25, -0.2) is 9.69 Å². The first-order chi connectivity index (χ1) is 17.1. The number of methoxy groups -OCH3 is 1. The summed E-state index contributed by atoms with van der Waals surface area (Å²) in [5.74, 6) is 0.637. The summed E-state index contributed by atoms with van der Waals surface area (Å²) in [5, 5.41) is 3.06. The van der Waals surface area contributed by atoms with Crippen molar-refractivity contribution in [3.8, 4) is 5.75 Å². The van der Waals surface area contributed by atoms with Crippen LogP contribution in [0, 0.1) is 0 Å². The van der Waals surface area contributed by atoms with Crippen LogP contribution < -0.4 is 15.0 Å². The lowest BCUT2D eigenvalue weighted by Crippen LogP contribution is -2.52. The van der Waals surface area contributed by atoms with Gasteiger partial charge in [0.05, 0.1) is 13.8 Å². The summed E-state index contributed by atoms with van der Waals surface area (Å²) in [6.07, 6.45) is 0.407. The zero-order chi connectivity index (χ0) is 24.3. The van der Waals surface area contributed by atoms with E-state index >= 15 is 0 Å². The molecule has 1 N–H and O–H groups in total. The van der Waals surface area contributed by atoms with Gasteiger partial charge in [-0.1, -0.05) is 60.7 Å². The van der Waals surface area contributed by atoms with Crippen LogP contribution in [-0.4, -0.2) is 61.7 Å². The maximum absolute atomic E-state index is 13.9. The molecule has 2 aliphatic rings. The number of nitrogens with one attached hydrogen (secondary N) is 1. The molecule has 0 bridgehead atoms. The maximum atomic E-state index is 13.9. The lowest BCUT2D eigenvalue weighted by Gasteiger charge is -2.37. The van der Waals surface area contributed by atoms with E-state index in [4.69, 9.17) is 4.74 Å². The summed E-state index contributed by atoms with van der Waals surface area (Å²) in [5.41, 5.74) is 1.84. The van der Waals surface area contributed by atoms with Crippen LogP contribution in [0.5, 0.6) is 5.75 Å². The summed E-state index contributed by atoms with van der Waals surface area (Å²) in [6.45, 7) is 3.46. The Morgan fingerprint density at radius 1 is 0.829 bits per heavy atom. The summed E-state index contributed by atoms with van der Waals surface area (Å²) in [7, 11) is 1.66. The number of anilines is 1. The van der Waals surface area contributed by atoms with E-state index in [-0.39, 0.29) is 18.6 Å². The first-order valence-corrected chi connectivity index (χ1v) is 11.9.